The summed E-state index contributed by atoms with van der Waals surface area (Å²) in [4.78, 5) is 23.8. The van der Waals surface area contributed by atoms with Gasteiger partial charge in [-0.1, -0.05) is 54.6 Å². The van der Waals surface area contributed by atoms with Crippen molar-refractivity contribution in [2.45, 2.75) is 24.9 Å². The van der Waals surface area contributed by atoms with Crippen LogP contribution in [0, 0.1) is 5.82 Å². The number of rotatable bonds is 9. The molecule has 39 heavy (non-hydrogen) atoms. The zero-order valence-electron chi connectivity index (χ0n) is 21.8. The molecule has 0 saturated carbocycles. The van der Waals surface area contributed by atoms with Crippen LogP contribution >= 0.6 is 0 Å². The van der Waals surface area contributed by atoms with Crippen LogP contribution in [0.1, 0.15) is 34.8 Å². The van der Waals surface area contributed by atoms with Gasteiger partial charge in [-0.15, -0.1) is 0 Å². The molecule has 1 amide bonds. The highest BCUT2D eigenvalue weighted by atomic mass is 19.1. The normalized spacial score (nSPS) is 14.9. The third kappa shape index (κ3) is 6.59. The number of benzene rings is 3. The number of halogens is 1. The first kappa shape index (κ1) is 26.3. The van der Waals surface area contributed by atoms with E-state index in [-0.39, 0.29) is 23.8 Å². The number of ether oxygens (including phenoxy) is 2. The number of aromatic nitrogens is 2. The second-order valence-electron chi connectivity index (χ2n) is 9.48. The van der Waals surface area contributed by atoms with Gasteiger partial charge >= 0.3 is 0 Å². The monoisotopic (exact) mass is 526 g/mol. The second kappa shape index (κ2) is 12.5. The van der Waals surface area contributed by atoms with Gasteiger partial charge in [0.05, 0.1) is 18.7 Å². The third-order valence-corrected chi connectivity index (χ3v) is 6.95. The number of hydrogen-bond acceptors (Lipinski definition) is 6. The topological polar surface area (TPSA) is 76.6 Å². The van der Waals surface area contributed by atoms with Gasteiger partial charge < -0.3 is 14.8 Å². The van der Waals surface area contributed by atoms with Crippen molar-refractivity contribution in [3.63, 3.8) is 0 Å². The highest BCUT2D eigenvalue weighted by Gasteiger charge is 2.28. The van der Waals surface area contributed by atoms with Crippen LogP contribution in [0.3, 0.4) is 0 Å². The zero-order valence-corrected chi connectivity index (χ0v) is 21.8. The van der Waals surface area contributed by atoms with E-state index in [1.807, 2.05) is 42.5 Å². The van der Waals surface area contributed by atoms with Crippen LogP contribution in [0.15, 0.2) is 91.3 Å². The van der Waals surface area contributed by atoms with E-state index in [4.69, 9.17) is 9.47 Å². The predicted molar refractivity (Wildman–Crippen MR) is 147 cm³/mol. The minimum absolute atomic E-state index is 0.0446. The largest absolute Gasteiger partial charge is 0.493 e. The Labute approximate surface area is 227 Å². The maximum atomic E-state index is 13.5. The van der Waals surface area contributed by atoms with E-state index < -0.39 is 0 Å². The lowest BCUT2D eigenvalue weighted by Gasteiger charge is -2.38. The first-order chi connectivity index (χ1) is 19.1. The first-order valence-electron chi connectivity index (χ1n) is 13.0. The maximum absolute atomic E-state index is 13.5. The molecule has 1 aliphatic rings. The van der Waals surface area contributed by atoms with Crippen molar-refractivity contribution in [3.05, 3.63) is 108 Å². The zero-order chi connectivity index (χ0) is 27.0. The highest BCUT2D eigenvalue weighted by Crippen LogP contribution is 2.30. The molecule has 3 aromatic carbocycles. The number of methoxy groups -OCH3 is 1. The number of carbonyl (C=O) groups excluding carboxylic acids is 1. The average Bonchev–Trinajstić information content (AvgIpc) is 2.99. The quantitative estimate of drug-likeness (QED) is 0.319. The lowest BCUT2D eigenvalue weighted by atomic mass is 9.99. The van der Waals surface area contributed by atoms with Crippen molar-refractivity contribution >= 4 is 5.91 Å². The number of para-hydroxylation sites is 2. The Hall–Kier alpha value is -4.30. The van der Waals surface area contributed by atoms with Gasteiger partial charge in [0.25, 0.3) is 5.91 Å². The number of nitrogens with one attached hydrogen (secondary N) is 1. The third-order valence-electron chi connectivity index (χ3n) is 6.95. The molecule has 1 aromatic heterocycles. The summed E-state index contributed by atoms with van der Waals surface area (Å²) in [5, 5.41) is 3.12. The first-order valence-corrected chi connectivity index (χ1v) is 13.0. The van der Waals surface area contributed by atoms with Crippen LogP contribution < -0.4 is 14.8 Å². The fourth-order valence-corrected chi connectivity index (χ4v) is 4.84. The molecule has 0 bridgehead atoms. The molecule has 1 aliphatic heterocycles. The fraction of sp³-hybridized carbons (Fsp3) is 0.258. The average molecular weight is 527 g/mol. The van der Waals surface area contributed by atoms with Gasteiger partial charge in [0, 0.05) is 37.1 Å². The molecule has 2 heterocycles. The molecular formula is C31H31FN4O3. The standard InChI is InChI=1S/C31H31FN4O3/c1-38-28-12-5-6-13-29(28)39-21-27(22-8-3-2-4-9-22)36-16-14-26(15-17-36)35-31(37)24-19-33-30(34-20-24)23-10-7-11-25(32)18-23/h2-13,18-20,26-27H,14-17,21H2,1H3,(H,35,37). The molecule has 1 saturated heterocycles. The van der Waals surface area contributed by atoms with E-state index in [0.717, 1.165) is 25.9 Å². The molecule has 0 radical (unpaired) electrons. The molecule has 1 N–H and O–H groups in total. The van der Waals surface area contributed by atoms with E-state index in [9.17, 15) is 9.18 Å². The number of nitrogens with zero attached hydrogens (tertiary/aromatic N) is 3. The Kier molecular flexibility index (Phi) is 8.43. The van der Waals surface area contributed by atoms with Crippen molar-refractivity contribution < 1.29 is 18.7 Å². The predicted octanol–water partition coefficient (Wildman–Crippen LogP) is 5.31. The summed E-state index contributed by atoms with van der Waals surface area (Å²) in [5.74, 6) is 1.23. The summed E-state index contributed by atoms with van der Waals surface area (Å²) in [6.07, 6.45) is 4.59. The molecule has 0 spiro atoms. The highest BCUT2D eigenvalue weighted by molar-refractivity contribution is 5.93. The molecular weight excluding hydrogens is 495 g/mol. The Morgan fingerprint density at radius 2 is 1.67 bits per heavy atom. The van der Waals surface area contributed by atoms with Crippen LogP contribution in [0.4, 0.5) is 4.39 Å². The molecule has 5 rings (SSSR count). The van der Waals surface area contributed by atoms with E-state index in [0.29, 0.717) is 35.1 Å². The van der Waals surface area contributed by atoms with E-state index >= 15 is 0 Å². The molecule has 1 fully saturated rings. The van der Waals surface area contributed by atoms with E-state index in [1.165, 1.54) is 30.1 Å². The van der Waals surface area contributed by atoms with Gasteiger partial charge in [-0.2, -0.15) is 0 Å². The second-order valence-corrected chi connectivity index (χ2v) is 9.48. The van der Waals surface area contributed by atoms with Crippen molar-refractivity contribution in [1.29, 1.82) is 0 Å². The van der Waals surface area contributed by atoms with Gasteiger partial charge in [-0.05, 0) is 42.7 Å². The van der Waals surface area contributed by atoms with E-state index in [2.05, 4.69) is 32.3 Å². The number of piperidine rings is 1. The van der Waals surface area contributed by atoms with Crippen molar-refractivity contribution in [2.24, 2.45) is 0 Å². The van der Waals surface area contributed by atoms with Gasteiger partial charge in [0.15, 0.2) is 17.3 Å². The minimum atomic E-state index is -0.356. The van der Waals surface area contributed by atoms with Gasteiger partial charge in [-0.25, -0.2) is 14.4 Å². The van der Waals surface area contributed by atoms with Crippen LogP contribution in [0.5, 0.6) is 11.5 Å². The molecule has 4 aromatic rings. The Morgan fingerprint density at radius 3 is 2.36 bits per heavy atom. The van der Waals surface area contributed by atoms with Gasteiger partial charge in [0.2, 0.25) is 0 Å². The van der Waals surface area contributed by atoms with Crippen LogP contribution in [0.2, 0.25) is 0 Å². The molecule has 8 heteroatoms. The summed E-state index contributed by atoms with van der Waals surface area (Å²) in [6.45, 7) is 2.11. The lowest BCUT2D eigenvalue weighted by Crippen LogP contribution is -2.46. The summed E-state index contributed by atoms with van der Waals surface area (Å²) < 4.78 is 25.2. The minimum Gasteiger partial charge on any atom is -0.493 e. The molecule has 1 atom stereocenters. The Bertz CT molecular complexity index is 1380. The van der Waals surface area contributed by atoms with Crippen LogP contribution in [-0.4, -0.2) is 53.6 Å². The SMILES string of the molecule is COc1ccccc1OCC(c1ccccc1)N1CCC(NC(=O)c2cnc(-c3cccc(F)c3)nc2)CC1. The number of carbonyl (C=O) groups is 1. The Morgan fingerprint density at radius 1 is 0.974 bits per heavy atom. The molecule has 1 unspecified atom stereocenters. The number of likely N-dealkylation sites (tertiary alicyclic amines) is 1. The maximum Gasteiger partial charge on any atom is 0.254 e. The summed E-state index contributed by atoms with van der Waals surface area (Å²) in [7, 11) is 1.64. The summed E-state index contributed by atoms with van der Waals surface area (Å²) >= 11 is 0. The fourth-order valence-electron chi connectivity index (χ4n) is 4.84. The number of hydrogen-bond donors (Lipinski definition) is 1. The number of amides is 1. The summed E-state index contributed by atoms with van der Waals surface area (Å²) in [6, 6.07) is 24.2. The summed E-state index contributed by atoms with van der Waals surface area (Å²) in [5.41, 5.74) is 2.13. The molecule has 0 aliphatic carbocycles. The van der Waals surface area contributed by atoms with Crippen LogP contribution in [-0.2, 0) is 0 Å². The van der Waals surface area contributed by atoms with Crippen LogP contribution in [0.25, 0.3) is 11.4 Å². The van der Waals surface area contributed by atoms with Gasteiger partial charge in [0.1, 0.15) is 12.4 Å². The van der Waals surface area contributed by atoms with Gasteiger partial charge in [-0.3, -0.25) is 9.69 Å². The van der Waals surface area contributed by atoms with E-state index in [1.54, 1.807) is 19.2 Å². The van der Waals surface area contributed by atoms with Crippen molar-refractivity contribution in [1.82, 2.24) is 20.2 Å². The van der Waals surface area contributed by atoms with Crippen molar-refractivity contribution in [3.8, 4) is 22.9 Å². The lowest BCUT2D eigenvalue weighted by molar-refractivity contribution is 0.0834. The molecule has 200 valence electrons. The Balaban J connectivity index is 1.19. The van der Waals surface area contributed by atoms with Crippen molar-refractivity contribution in [2.75, 3.05) is 26.8 Å². The molecule has 7 nitrogen and oxygen atoms in total. The smallest absolute Gasteiger partial charge is 0.254 e.